The van der Waals surface area contributed by atoms with E-state index in [1.807, 2.05) is 80.5 Å². The molecule has 2 fully saturated rings. The quantitative estimate of drug-likeness (QED) is 0.0609. The molecule has 6 aliphatic rings. The number of aromatic nitrogens is 2. The van der Waals surface area contributed by atoms with Crippen LogP contribution in [0.15, 0.2) is 67.8 Å². The maximum Gasteiger partial charge on any atom is 3.00 e. The second-order valence-electron chi connectivity index (χ2n) is 27.5. The number of phosphoric ester groups is 1. The van der Waals surface area contributed by atoms with E-state index in [1.165, 1.54) is 17.8 Å². The summed E-state index contributed by atoms with van der Waals surface area (Å²) in [5.74, 6) is -8.49. The fraction of sp³-hybridized carbons (Fsp3) is 0.625. The summed E-state index contributed by atoms with van der Waals surface area (Å²) in [6.45, 7) is 19.9. The standard InChI is InChI=1S/C62H90N13O14P.C2H4O2.Co/c1-29-20-39-40(21-30(29)2)75(28-70-39)57-52(84)53(41(27-76)87-57)89-90(85,86)88-31(3)26-69-49(83)18-19-59(8)37(22-46(66)80)56-62(11)61(10,25-48(68)82)36(14-17-45(65)79)51(74-62)33(5)55-60(9,24-47(67)81)34(12-15-43(63)77)38(71-55)23-42-58(6,7)35(13-16-44(64)78)50(72-42)32(4)54(59)73-56;1-2(3)4;/h20-21,23,28,31,34-37,41,52-53,56-57,76,84H,12-19,22,24-27H2,1-11H3,(H15,63,64,65,66,67,68,69,71,72,73,74,77,78,79,80,81,82,83,85,86);1H3,(H,3,4);/q;;+3/p-3/t31-,34-,35-,36-,37+,41-,52?,53?,56-,57+,59-,60+,61+,62+;;/m1../s1. The minimum atomic E-state index is -5.32. The molecule has 0 radical (unpaired) electrons. The number of fused-ring (bicyclic) bond motifs is 7. The topological polar surface area (TPSA) is 505 Å². The summed E-state index contributed by atoms with van der Waals surface area (Å²) in [7, 11) is -5.32. The first-order valence-corrected chi connectivity index (χ1v) is 32.9. The number of carbonyl (C=O) groups is 8. The number of aliphatic carboxylic acids is 1. The van der Waals surface area contributed by atoms with Crippen LogP contribution >= 0.6 is 7.82 Å². The molecule has 8 bridgehead atoms. The number of amides is 7. The number of nitrogens with zero attached hydrogens (tertiary/aromatic N) is 6. The Bertz CT molecular complexity index is 3650. The number of carboxylic acids is 1. The zero-order valence-corrected chi connectivity index (χ0v) is 57.7. The first kappa shape index (κ1) is 77.0. The zero-order valence-electron chi connectivity index (χ0n) is 55.8. The van der Waals surface area contributed by atoms with Crippen LogP contribution in [0.2, 0.25) is 0 Å². The molecule has 95 heavy (non-hydrogen) atoms. The van der Waals surface area contributed by atoms with Gasteiger partial charge in [-0.05, 0) is 126 Å². The van der Waals surface area contributed by atoms with E-state index in [2.05, 4.69) is 10.3 Å². The van der Waals surface area contributed by atoms with Crippen molar-refractivity contribution in [1.82, 2.24) is 14.9 Å². The number of nitrogens with one attached hydrogen (secondary N) is 1. The third-order valence-corrected chi connectivity index (χ3v) is 21.6. The molecule has 0 spiro atoms. The Morgan fingerprint density at radius 3 is 1.92 bits per heavy atom. The minimum absolute atomic E-state index is 0. The number of nitrogens with two attached hydrogens (primary N) is 6. The van der Waals surface area contributed by atoms with E-state index in [0.717, 1.165) is 18.1 Å². The van der Waals surface area contributed by atoms with Gasteiger partial charge in [-0.15, -0.1) is 0 Å². The zero-order chi connectivity index (χ0) is 70.3. The number of aliphatic hydroxyl groups excluding tert-OH is 2. The van der Waals surface area contributed by atoms with Gasteiger partial charge in [-0.3, -0.25) is 53.1 Å². The fourth-order valence-corrected chi connectivity index (χ4v) is 16.4. The summed E-state index contributed by atoms with van der Waals surface area (Å²) in [6, 6.07) is 2.65. The molecule has 3 unspecified atom stereocenters. The molecule has 1 aromatic carbocycles. The second-order valence-corrected chi connectivity index (χ2v) is 28.8. The van der Waals surface area contributed by atoms with Gasteiger partial charge in [-0.2, -0.15) is 5.70 Å². The van der Waals surface area contributed by atoms with E-state index < -0.39 is 149 Å². The van der Waals surface area contributed by atoms with Crippen molar-refractivity contribution < 1.29 is 93.7 Å². The van der Waals surface area contributed by atoms with Gasteiger partial charge in [0, 0.05) is 114 Å². The Morgan fingerprint density at radius 1 is 0.789 bits per heavy atom. The number of primary amides is 6. The van der Waals surface area contributed by atoms with Gasteiger partial charge in [0.25, 0.3) is 7.82 Å². The Kier molecular flexibility index (Phi) is 23.8. The van der Waals surface area contributed by atoms with Crippen molar-refractivity contribution in [3.05, 3.63) is 69.2 Å². The molecule has 1 aromatic heterocycles. The molecule has 15 N–H and O–H groups in total. The number of ether oxygens (including phenoxy) is 1. The Labute approximate surface area is 562 Å². The third-order valence-electron chi connectivity index (χ3n) is 20.5. The summed E-state index contributed by atoms with van der Waals surface area (Å²) >= 11 is 0. The summed E-state index contributed by atoms with van der Waals surface area (Å²) in [5.41, 5.74) is 36.7. The van der Waals surface area contributed by atoms with Crippen LogP contribution in [0.1, 0.15) is 157 Å². The van der Waals surface area contributed by atoms with E-state index in [0.29, 0.717) is 56.4 Å². The average Bonchev–Trinajstić information content (AvgIpc) is 1.53. The summed E-state index contributed by atoms with van der Waals surface area (Å²) < 4.78 is 31.9. The van der Waals surface area contributed by atoms with Crippen LogP contribution < -0.4 is 49.7 Å². The fourth-order valence-electron chi connectivity index (χ4n) is 15.3. The molecule has 7 amide bonds. The molecule has 15 atom stereocenters. The number of carboxylic acid groups (broad SMARTS) is 1. The van der Waals surface area contributed by atoms with Gasteiger partial charge in [0.1, 0.15) is 18.3 Å². The molecule has 522 valence electrons. The number of hydrogen-bond donors (Lipinski definition) is 9. The monoisotopic (exact) mass is 1390 g/mol. The molecule has 29 nitrogen and oxygen atoms in total. The van der Waals surface area contributed by atoms with E-state index >= 15 is 0 Å². The number of imidazole rings is 1. The van der Waals surface area contributed by atoms with Crippen molar-refractivity contribution in [2.24, 2.45) is 94.7 Å². The van der Waals surface area contributed by atoms with Crippen LogP contribution in [0, 0.1) is 59.2 Å². The van der Waals surface area contributed by atoms with E-state index in [4.69, 9.17) is 78.4 Å². The first-order valence-electron chi connectivity index (χ1n) is 31.4. The number of hydrogen-bond acceptors (Lipinski definition) is 20. The maximum absolute atomic E-state index is 14.4. The molecule has 31 heteroatoms. The average molecular weight is 1390 g/mol. The number of phosphoric acid groups is 1. The number of allylic oxidation sites excluding steroid dienone is 6. The predicted octanol–water partition coefficient (Wildman–Crippen LogP) is 2.07. The van der Waals surface area contributed by atoms with Gasteiger partial charge in [0.15, 0.2) is 6.23 Å². The van der Waals surface area contributed by atoms with Crippen molar-refractivity contribution in [2.45, 2.75) is 196 Å². The second kappa shape index (κ2) is 29.4. The van der Waals surface area contributed by atoms with Crippen LogP contribution in [0.25, 0.3) is 16.4 Å². The molecule has 7 heterocycles. The van der Waals surface area contributed by atoms with Crippen LogP contribution in [0.3, 0.4) is 0 Å². The number of benzene rings is 1. The molecule has 6 aliphatic heterocycles. The maximum atomic E-state index is 14.4. The van der Waals surface area contributed by atoms with Gasteiger partial charge in [-0.1, -0.05) is 40.7 Å². The summed E-state index contributed by atoms with van der Waals surface area (Å²) in [6.07, 6.45) is -4.79. The van der Waals surface area contributed by atoms with Crippen molar-refractivity contribution in [1.29, 1.82) is 0 Å². The number of carbonyl (C=O) groups excluding carboxylic acids is 8. The van der Waals surface area contributed by atoms with Gasteiger partial charge in [0.2, 0.25) is 41.4 Å². The van der Waals surface area contributed by atoms with Gasteiger partial charge >= 0.3 is 16.8 Å². The van der Waals surface area contributed by atoms with E-state index in [9.17, 15) is 53.2 Å². The van der Waals surface area contributed by atoms with Crippen LogP contribution in [0.4, 0.5) is 0 Å². The largest absolute Gasteiger partial charge is 3.00 e. The molecular formula is C64H91CoN13O16P. The first-order chi connectivity index (χ1) is 43.6. The Morgan fingerprint density at radius 2 is 1.36 bits per heavy atom. The number of aliphatic imine (C=N–C) groups is 3. The summed E-state index contributed by atoms with van der Waals surface area (Å²) in [4.78, 5) is 137. The van der Waals surface area contributed by atoms with Gasteiger partial charge < -0.3 is 88.4 Å². The molecule has 0 saturated carbocycles. The van der Waals surface area contributed by atoms with Crippen molar-refractivity contribution in [3.63, 3.8) is 0 Å². The van der Waals surface area contributed by atoms with Crippen molar-refractivity contribution in [3.8, 4) is 0 Å². The number of aryl methyl sites for hydroxylation is 2. The smallest absolute Gasteiger partial charge is 0.756 e. The minimum Gasteiger partial charge on any atom is -0.756 e. The number of aliphatic hydroxyl groups is 2. The Hall–Kier alpha value is -7.02. The van der Waals surface area contributed by atoms with E-state index in [1.54, 1.807) is 6.92 Å². The predicted molar refractivity (Wildman–Crippen MR) is 342 cm³/mol. The van der Waals surface area contributed by atoms with Crippen molar-refractivity contribution in [2.75, 3.05) is 13.2 Å². The van der Waals surface area contributed by atoms with E-state index in [-0.39, 0.29) is 94.0 Å². The Balaban J connectivity index is 0.00000278. The van der Waals surface area contributed by atoms with Crippen LogP contribution in [0.5, 0.6) is 0 Å². The van der Waals surface area contributed by atoms with Crippen molar-refractivity contribution >= 4 is 83.3 Å². The number of rotatable bonds is 26. The summed E-state index contributed by atoms with van der Waals surface area (Å²) in [5, 5.41) is 39.0. The normalized spacial score (nSPS) is 32.7. The van der Waals surface area contributed by atoms with Gasteiger partial charge in [0.05, 0.1) is 41.3 Å². The molecule has 0 aliphatic carbocycles. The molecule has 2 saturated heterocycles. The third kappa shape index (κ3) is 15.7. The van der Waals surface area contributed by atoms with Gasteiger partial charge in [-0.25, -0.2) is 4.98 Å². The SMILES string of the molecule is C/C1=C2/[N-][C@H]([C@H](CC(N)=O)[C@@]2(C)CCC(=O)NC[C@@H](C)OP(=O)([O-])OC2C(O)[C@@H](n3cnc4cc(C)c(C)cc43)O[C@@H]2CO)[C@]2(C)N=C(/C(C)=C3N=C(/C=C4N=C1[C@@H](CCC(N)=O)C\4(C)C)[C@@H](CCC(N)=O)[C@]\3(C)CC(N)=O)[C@@H](CCC(N)=O)[C@]2(C)CC(N)=O.CC(=O)[O-].[Co+3]. The van der Waals surface area contributed by atoms with Crippen LogP contribution in [-0.4, -0.2) is 133 Å². The molecule has 8 rings (SSSR count). The van der Waals surface area contributed by atoms with Crippen LogP contribution in [-0.2, 0) is 73.5 Å². The molecular weight excluding hydrogens is 1300 g/mol. The molecule has 2 aromatic rings.